The molecular formula is C71H116ClF3N12O12. The van der Waals surface area contributed by atoms with Gasteiger partial charge in [-0.3, -0.25) is 57.5 Å². The second kappa shape index (κ2) is 35.5. The molecule has 0 radical (unpaired) electrons. The number of nitrogens with one attached hydrogen (secondary N) is 4. The predicted molar refractivity (Wildman–Crippen MR) is 367 cm³/mol. The Hall–Kier alpha value is -6.28. The summed E-state index contributed by atoms with van der Waals surface area (Å²) < 4.78 is 42.0. The van der Waals surface area contributed by atoms with Gasteiger partial charge < -0.3 is 60.5 Å². The van der Waals surface area contributed by atoms with Crippen molar-refractivity contribution in [1.82, 2.24) is 60.5 Å². The van der Waals surface area contributed by atoms with Crippen molar-refractivity contribution < 1.29 is 70.7 Å². The van der Waals surface area contributed by atoms with Crippen LogP contribution in [0.15, 0.2) is 0 Å². The highest BCUT2D eigenvalue weighted by Crippen LogP contribution is 2.44. The average Bonchev–Trinajstić information content (AvgIpc) is 1.34. The van der Waals surface area contributed by atoms with Crippen LogP contribution in [0.25, 0.3) is 0 Å². The zero-order valence-corrected chi connectivity index (χ0v) is 62.2. The van der Waals surface area contributed by atoms with E-state index in [0.717, 1.165) is 30.6 Å². The molecule has 560 valence electrons. The number of likely N-dealkylation sites (N-methyl/N-ethyl adjacent to an activating group) is 6. The lowest BCUT2D eigenvalue weighted by molar-refractivity contribution is -0.182. The van der Waals surface area contributed by atoms with E-state index in [4.69, 9.17) is 11.6 Å². The van der Waals surface area contributed by atoms with Crippen LogP contribution in [0.2, 0.25) is 0 Å². The van der Waals surface area contributed by atoms with Crippen LogP contribution in [-0.4, -0.2) is 250 Å². The number of amides is 12. The maximum absolute atomic E-state index is 15.5. The Morgan fingerprint density at radius 1 is 0.646 bits per heavy atom. The van der Waals surface area contributed by atoms with Crippen LogP contribution < -0.4 is 21.3 Å². The summed E-state index contributed by atoms with van der Waals surface area (Å²) >= 11 is 6.40. The molecule has 3 heterocycles. The van der Waals surface area contributed by atoms with Crippen LogP contribution in [0.1, 0.15) is 197 Å². The lowest BCUT2D eigenvalue weighted by Crippen LogP contribution is -2.65. The van der Waals surface area contributed by atoms with E-state index in [1.165, 1.54) is 83.5 Å². The third-order valence-electron chi connectivity index (χ3n) is 22.6. The molecule has 0 aromatic carbocycles. The summed E-state index contributed by atoms with van der Waals surface area (Å²) in [7, 11) is 8.69. The van der Waals surface area contributed by atoms with Gasteiger partial charge in [-0.15, -0.1) is 11.6 Å². The van der Waals surface area contributed by atoms with Crippen LogP contribution in [0.4, 0.5) is 13.2 Å². The van der Waals surface area contributed by atoms with Crippen LogP contribution in [0.5, 0.6) is 0 Å². The third-order valence-corrected chi connectivity index (χ3v) is 23.1. The topological polar surface area (TPSA) is 279 Å². The van der Waals surface area contributed by atoms with Gasteiger partial charge >= 0.3 is 6.18 Å². The number of carbonyl (C=O) groups excluding carboxylic acids is 12. The molecule has 3 aliphatic heterocycles. The largest absolute Gasteiger partial charge is 0.393 e. The van der Waals surface area contributed by atoms with Gasteiger partial charge in [0.15, 0.2) is 0 Å². The fraction of sp³-hybridized carbons (Fsp3) is 0.831. The maximum atomic E-state index is 15.5. The highest BCUT2D eigenvalue weighted by atomic mass is 35.5. The zero-order chi connectivity index (χ0) is 73.9. The number of hydrogen-bond acceptors (Lipinski definition) is 12. The van der Waals surface area contributed by atoms with Crippen LogP contribution in [0.3, 0.4) is 0 Å². The van der Waals surface area contributed by atoms with Gasteiger partial charge in [-0.1, -0.05) is 99.8 Å². The number of halogens is 4. The summed E-state index contributed by atoms with van der Waals surface area (Å²) in [4.78, 5) is 189. The summed E-state index contributed by atoms with van der Waals surface area (Å²) in [5, 5.41) is 10.3. The molecule has 24 nitrogen and oxygen atoms in total. The summed E-state index contributed by atoms with van der Waals surface area (Å²) in [6.07, 6.45) is 1.53. The first-order valence-corrected chi connectivity index (χ1v) is 37.0. The number of hydrogen-bond donors (Lipinski definition) is 4. The van der Waals surface area contributed by atoms with Gasteiger partial charge in [0.25, 0.3) is 0 Å². The van der Waals surface area contributed by atoms with Crippen molar-refractivity contribution in [2.75, 3.05) is 68.5 Å². The highest BCUT2D eigenvalue weighted by Gasteiger charge is 2.52. The van der Waals surface area contributed by atoms with Crippen LogP contribution >= 0.6 is 11.6 Å². The molecule has 0 aromatic rings. The monoisotopic (exact) mass is 1420 g/mol. The number of carbonyl (C=O) groups is 12. The first-order chi connectivity index (χ1) is 46.4. The Kier molecular flexibility index (Phi) is 29.3. The van der Waals surface area contributed by atoms with Gasteiger partial charge in [0.1, 0.15) is 59.9 Å². The molecule has 3 saturated heterocycles. The molecule has 3 unspecified atom stereocenters. The Labute approximate surface area is 589 Å². The Bertz CT molecular complexity index is 2890. The normalized spacial score (nSPS) is 31.7. The van der Waals surface area contributed by atoms with Gasteiger partial charge in [0.05, 0.1) is 18.9 Å². The van der Waals surface area contributed by atoms with E-state index < -0.39 is 173 Å². The van der Waals surface area contributed by atoms with E-state index in [1.807, 2.05) is 27.7 Å². The summed E-state index contributed by atoms with van der Waals surface area (Å²) in [5.41, 5.74) is -1.57. The highest BCUT2D eigenvalue weighted by molar-refractivity contribution is 6.21. The smallest absolute Gasteiger partial charge is 0.347 e. The van der Waals surface area contributed by atoms with Crippen LogP contribution in [-0.2, 0) is 57.5 Å². The lowest BCUT2D eigenvalue weighted by Gasteiger charge is -2.44. The minimum absolute atomic E-state index is 0.00237. The summed E-state index contributed by atoms with van der Waals surface area (Å²) in [6.45, 7) is 15.8. The van der Waals surface area contributed by atoms with Gasteiger partial charge in [0.2, 0.25) is 70.9 Å². The van der Waals surface area contributed by atoms with Gasteiger partial charge in [0, 0.05) is 67.3 Å². The second-order valence-electron chi connectivity index (χ2n) is 30.4. The number of alkyl halides is 4. The Balaban J connectivity index is 1.42. The molecule has 0 aromatic heterocycles. The third kappa shape index (κ3) is 19.9. The molecule has 3 aliphatic carbocycles. The number of rotatable bonds is 13. The van der Waals surface area contributed by atoms with E-state index in [-0.39, 0.29) is 108 Å². The van der Waals surface area contributed by atoms with E-state index in [2.05, 4.69) is 28.2 Å². The number of nitrogens with zero attached hydrogens (tertiary/aromatic N) is 8. The molecular weight excluding hydrogens is 1310 g/mol. The quantitative estimate of drug-likeness (QED) is 0.158. The molecule has 0 bridgehead atoms. The van der Waals surface area contributed by atoms with E-state index in [9.17, 15) is 41.9 Å². The Morgan fingerprint density at radius 2 is 1.26 bits per heavy atom. The predicted octanol–water partition coefficient (Wildman–Crippen LogP) is 5.85. The zero-order valence-electron chi connectivity index (χ0n) is 61.5. The van der Waals surface area contributed by atoms with E-state index in [0.29, 0.717) is 38.0 Å². The number of fused-ring (bicyclic) bond motifs is 2. The Morgan fingerprint density at radius 3 is 1.82 bits per heavy atom. The molecule has 14 atom stereocenters. The molecule has 6 fully saturated rings. The van der Waals surface area contributed by atoms with Gasteiger partial charge in [-0.25, -0.2) is 0 Å². The maximum Gasteiger partial charge on any atom is 0.393 e. The average molecular weight is 1420 g/mol. The molecule has 1 spiro atoms. The van der Waals surface area contributed by atoms with Crippen molar-refractivity contribution in [3.8, 4) is 0 Å². The molecule has 28 heteroatoms. The van der Waals surface area contributed by atoms with E-state index >= 15 is 28.8 Å². The first-order valence-electron chi connectivity index (χ1n) is 36.5. The SMILES string of the molecule is CC[C@H](C)[C@@H]1NC(=O)[C@H](CC(C)C)N(CC)C(=O)C[C@@H](C(=O)N(C)C)N(C)C(=O)[C@H]([C@@H](C)CC)N(C)C(=O)C2(CCCC2)NC(=O)[C@@H]2CCCN2C(=O)[C@H](CCC2CCC(C(F)(F)F)C(Cl)C2)NC(=O)CN(C)C(=O)[C@H](CC2CCC(C)CC2)N(C)C(=O)[C@@H]2CCN2C(=O)[C@H](C)NC1=O. The lowest BCUT2D eigenvalue weighted by atomic mass is 9.78. The van der Waals surface area contributed by atoms with Crippen molar-refractivity contribution in [1.29, 1.82) is 0 Å². The molecule has 3 saturated carbocycles. The van der Waals surface area contributed by atoms with Crippen molar-refractivity contribution in [3.05, 3.63) is 0 Å². The van der Waals surface area contributed by atoms with Gasteiger partial charge in [-0.05, 0) is 126 Å². The van der Waals surface area contributed by atoms with Crippen molar-refractivity contribution in [2.24, 2.45) is 41.4 Å². The fourth-order valence-corrected chi connectivity index (χ4v) is 16.4. The van der Waals surface area contributed by atoms with Crippen molar-refractivity contribution >= 4 is 82.5 Å². The minimum Gasteiger partial charge on any atom is -0.347 e. The standard InChI is InChI=1S/C71H116ClF3N12O12/c1-16-43(7)58-62(92)76-45(9)63(93)87-35-31-52(87)67(97)82(13)54(38-47-25-23-42(6)24-26-47)66(96)81(12)40-56(88)77-50(30-28-46-27-29-48(49(72)37-46)71(73,74)75)64(94)86-34-21-22-51(86)61(91)79-70(32-19-20-33-70)69(99)84(15)59(44(8)17-2)68(98)83(14)55(65(95)80(10)11)39-57(89)85(18-3)53(36-41(4)5)60(90)78-58/h41-55,58-59H,16-40H2,1-15H3,(H,76,92)(H,77,88)(H,78,90)(H,79,91)/t42?,43-,44-,45-,46?,47?,48?,49?,50-,51-,52-,53-,54-,55-,58-,59-/m0/s1. The first kappa shape index (κ1) is 81.7. The van der Waals surface area contributed by atoms with Gasteiger partial charge in [-0.2, -0.15) is 13.2 Å². The fourth-order valence-electron chi connectivity index (χ4n) is 15.8. The van der Waals surface area contributed by atoms with E-state index in [1.54, 1.807) is 20.8 Å². The summed E-state index contributed by atoms with van der Waals surface area (Å²) in [6, 6.07) is -11.0. The second-order valence-corrected chi connectivity index (χ2v) is 31.0. The summed E-state index contributed by atoms with van der Waals surface area (Å²) in [5.74, 6) is -10.6. The minimum atomic E-state index is -4.51. The van der Waals surface area contributed by atoms with Crippen molar-refractivity contribution in [3.63, 3.8) is 0 Å². The van der Waals surface area contributed by atoms with Crippen LogP contribution in [0, 0.1) is 41.4 Å². The molecule has 6 rings (SSSR count). The molecule has 4 N–H and O–H groups in total. The molecule has 6 aliphatic rings. The van der Waals surface area contributed by atoms with Crippen molar-refractivity contribution in [2.45, 2.75) is 269 Å². The molecule has 12 amide bonds. The molecule has 99 heavy (non-hydrogen) atoms.